The van der Waals surface area contributed by atoms with Gasteiger partial charge in [0.1, 0.15) is 0 Å². The van der Waals surface area contributed by atoms with Gasteiger partial charge in [-0.1, -0.05) is 39.0 Å². The summed E-state index contributed by atoms with van der Waals surface area (Å²) in [6, 6.07) is 15.8. The summed E-state index contributed by atoms with van der Waals surface area (Å²) in [5.74, 6) is -0.0837. The Morgan fingerprint density at radius 1 is 1.04 bits per heavy atom. The molecule has 4 nitrogen and oxygen atoms in total. The van der Waals surface area contributed by atoms with Crippen LogP contribution in [-0.2, 0) is 10.2 Å². The highest BCUT2D eigenvalue weighted by molar-refractivity contribution is 6.04. The van der Waals surface area contributed by atoms with Crippen molar-refractivity contribution >= 4 is 17.3 Å². The van der Waals surface area contributed by atoms with E-state index in [2.05, 4.69) is 37.1 Å². The Bertz CT molecular complexity index is 726. The van der Waals surface area contributed by atoms with Gasteiger partial charge in [-0.2, -0.15) is 0 Å². The summed E-state index contributed by atoms with van der Waals surface area (Å²) in [6.07, 6.45) is 0. The van der Waals surface area contributed by atoms with Crippen LogP contribution in [0.3, 0.4) is 0 Å². The van der Waals surface area contributed by atoms with E-state index < -0.39 is 0 Å². The number of carbonyl (C=O) groups is 1. The lowest BCUT2D eigenvalue weighted by molar-refractivity contribution is 0.102. The average Bonchev–Trinajstić information content (AvgIpc) is 2.62. The Morgan fingerprint density at radius 3 is 2.36 bits per heavy atom. The Labute approximate surface area is 149 Å². The molecule has 1 amide bonds. The van der Waals surface area contributed by atoms with E-state index in [9.17, 15) is 4.79 Å². The zero-order chi connectivity index (χ0) is 17.9. The minimum Gasteiger partial charge on any atom is -0.378 e. The SMILES string of the molecule is CC(C)(C)c1ccc(C(=O)Nc2cccc(N3CCOCC3)c2)cc1. The molecule has 1 aliphatic heterocycles. The molecular formula is C21H26N2O2. The number of benzene rings is 2. The standard InChI is InChI=1S/C21H26N2O2/c1-21(2,3)17-9-7-16(8-10-17)20(24)22-18-5-4-6-19(15-18)23-11-13-25-14-12-23/h4-10,15H,11-14H2,1-3H3,(H,22,24). The maximum absolute atomic E-state index is 12.5. The number of nitrogens with one attached hydrogen (secondary N) is 1. The Balaban J connectivity index is 1.70. The molecule has 0 unspecified atom stereocenters. The molecule has 0 spiro atoms. The van der Waals surface area contributed by atoms with Crippen LogP contribution in [-0.4, -0.2) is 32.2 Å². The fraction of sp³-hybridized carbons (Fsp3) is 0.381. The van der Waals surface area contributed by atoms with E-state index in [1.807, 2.05) is 42.5 Å². The molecule has 0 aromatic heterocycles. The van der Waals surface area contributed by atoms with Crippen LogP contribution in [0.5, 0.6) is 0 Å². The second-order valence-corrected chi connectivity index (χ2v) is 7.43. The normalized spacial score (nSPS) is 15.1. The highest BCUT2D eigenvalue weighted by Crippen LogP contribution is 2.23. The van der Waals surface area contributed by atoms with Gasteiger partial charge in [0.25, 0.3) is 5.91 Å². The van der Waals surface area contributed by atoms with Crippen LogP contribution in [0.1, 0.15) is 36.7 Å². The summed E-state index contributed by atoms with van der Waals surface area (Å²) in [5.41, 5.74) is 3.91. The maximum Gasteiger partial charge on any atom is 0.255 e. The summed E-state index contributed by atoms with van der Waals surface area (Å²) in [5, 5.41) is 3.00. The summed E-state index contributed by atoms with van der Waals surface area (Å²) in [6.45, 7) is 9.75. The minimum absolute atomic E-state index is 0.0837. The molecule has 0 radical (unpaired) electrons. The fourth-order valence-electron chi connectivity index (χ4n) is 2.93. The van der Waals surface area contributed by atoms with Gasteiger partial charge in [0.05, 0.1) is 13.2 Å². The zero-order valence-corrected chi connectivity index (χ0v) is 15.2. The number of carbonyl (C=O) groups excluding carboxylic acids is 1. The van der Waals surface area contributed by atoms with Gasteiger partial charge in [0.2, 0.25) is 0 Å². The molecule has 0 bridgehead atoms. The second kappa shape index (κ2) is 7.28. The van der Waals surface area contributed by atoms with Crippen LogP contribution in [0.2, 0.25) is 0 Å². The molecule has 1 saturated heterocycles. The van der Waals surface area contributed by atoms with E-state index >= 15 is 0 Å². The highest BCUT2D eigenvalue weighted by Gasteiger charge is 2.15. The summed E-state index contributed by atoms with van der Waals surface area (Å²) in [4.78, 5) is 14.8. The number of hydrogen-bond donors (Lipinski definition) is 1. The van der Waals surface area contributed by atoms with Gasteiger partial charge in [-0.15, -0.1) is 0 Å². The van der Waals surface area contributed by atoms with Gasteiger partial charge < -0.3 is 15.0 Å². The lowest BCUT2D eigenvalue weighted by Gasteiger charge is -2.29. The first-order valence-electron chi connectivity index (χ1n) is 8.78. The van der Waals surface area contributed by atoms with E-state index in [0.29, 0.717) is 5.56 Å². The third kappa shape index (κ3) is 4.40. The number of amides is 1. The van der Waals surface area contributed by atoms with E-state index in [-0.39, 0.29) is 11.3 Å². The molecule has 3 rings (SSSR count). The summed E-state index contributed by atoms with van der Waals surface area (Å²) < 4.78 is 5.40. The predicted octanol–water partition coefficient (Wildman–Crippen LogP) is 4.07. The number of anilines is 2. The number of ether oxygens (including phenoxy) is 1. The van der Waals surface area contributed by atoms with Crippen LogP contribution in [0.4, 0.5) is 11.4 Å². The van der Waals surface area contributed by atoms with E-state index in [0.717, 1.165) is 37.7 Å². The molecule has 0 atom stereocenters. The van der Waals surface area contributed by atoms with E-state index in [1.165, 1.54) is 5.56 Å². The lowest BCUT2D eigenvalue weighted by Crippen LogP contribution is -2.36. The van der Waals surface area contributed by atoms with E-state index in [1.54, 1.807) is 0 Å². The second-order valence-electron chi connectivity index (χ2n) is 7.43. The van der Waals surface area contributed by atoms with Crippen molar-refractivity contribution in [1.29, 1.82) is 0 Å². The minimum atomic E-state index is -0.0837. The topological polar surface area (TPSA) is 41.6 Å². The molecule has 0 aliphatic carbocycles. The Hall–Kier alpha value is -2.33. The molecule has 1 fully saturated rings. The predicted molar refractivity (Wildman–Crippen MR) is 103 cm³/mol. The van der Waals surface area contributed by atoms with Crippen molar-refractivity contribution in [3.05, 3.63) is 59.7 Å². The van der Waals surface area contributed by atoms with Crippen molar-refractivity contribution in [2.45, 2.75) is 26.2 Å². The van der Waals surface area contributed by atoms with Crippen molar-refractivity contribution in [2.75, 3.05) is 36.5 Å². The quantitative estimate of drug-likeness (QED) is 0.917. The van der Waals surface area contributed by atoms with Crippen molar-refractivity contribution in [2.24, 2.45) is 0 Å². The number of hydrogen-bond acceptors (Lipinski definition) is 3. The van der Waals surface area contributed by atoms with Crippen LogP contribution >= 0.6 is 0 Å². The Kier molecular flexibility index (Phi) is 5.09. The number of rotatable bonds is 3. The molecule has 2 aromatic carbocycles. The molecule has 4 heteroatoms. The van der Waals surface area contributed by atoms with Crippen molar-refractivity contribution < 1.29 is 9.53 Å². The fourth-order valence-corrected chi connectivity index (χ4v) is 2.93. The van der Waals surface area contributed by atoms with Gasteiger partial charge in [0, 0.05) is 30.0 Å². The smallest absolute Gasteiger partial charge is 0.255 e. The summed E-state index contributed by atoms with van der Waals surface area (Å²) >= 11 is 0. The monoisotopic (exact) mass is 338 g/mol. The van der Waals surface area contributed by atoms with Crippen LogP contribution < -0.4 is 10.2 Å². The molecule has 1 heterocycles. The first-order valence-corrected chi connectivity index (χ1v) is 8.78. The first kappa shape index (κ1) is 17.5. The van der Waals surface area contributed by atoms with Gasteiger partial charge in [-0.05, 0) is 41.3 Å². The zero-order valence-electron chi connectivity index (χ0n) is 15.2. The largest absolute Gasteiger partial charge is 0.378 e. The van der Waals surface area contributed by atoms with Crippen molar-refractivity contribution in [3.63, 3.8) is 0 Å². The van der Waals surface area contributed by atoms with Gasteiger partial charge in [0.15, 0.2) is 0 Å². The third-order valence-electron chi connectivity index (χ3n) is 4.49. The van der Waals surface area contributed by atoms with Crippen LogP contribution in [0, 0.1) is 0 Å². The molecular weight excluding hydrogens is 312 g/mol. The van der Waals surface area contributed by atoms with Crippen molar-refractivity contribution in [3.8, 4) is 0 Å². The Morgan fingerprint density at radius 2 is 1.72 bits per heavy atom. The molecule has 2 aromatic rings. The number of morpholine rings is 1. The first-order chi connectivity index (χ1) is 11.9. The molecule has 132 valence electrons. The average molecular weight is 338 g/mol. The lowest BCUT2D eigenvalue weighted by atomic mass is 9.87. The van der Waals surface area contributed by atoms with Gasteiger partial charge >= 0.3 is 0 Å². The summed E-state index contributed by atoms with van der Waals surface area (Å²) in [7, 11) is 0. The molecule has 0 saturated carbocycles. The molecule has 1 N–H and O–H groups in total. The highest BCUT2D eigenvalue weighted by atomic mass is 16.5. The molecule has 25 heavy (non-hydrogen) atoms. The molecule has 1 aliphatic rings. The van der Waals surface area contributed by atoms with Gasteiger partial charge in [-0.3, -0.25) is 4.79 Å². The van der Waals surface area contributed by atoms with E-state index in [4.69, 9.17) is 4.74 Å². The van der Waals surface area contributed by atoms with Gasteiger partial charge in [-0.25, -0.2) is 0 Å². The van der Waals surface area contributed by atoms with Crippen LogP contribution in [0.15, 0.2) is 48.5 Å². The third-order valence-corrected chi connectivity index (χ3v) is 4.49. The number of nitrogens with zero attached hydrogens (tertiary/aromatic N) is 1. The van der Waals surface area contributed by atoms with Crippen molar-refractivity contribution in [1.82, 2.24) is 0 Å². The van der Waals surface area contributed by atoms with Crippen LogP contribution in [0.25, 0.3) is 0 Å². The maximum atomic E-state index is 12.5.